The van der Waals surface area contributed by atoms with Gasteiger partial charge >= 0.3 is 0 Å². The Hall–Kier alpha value is -0.610. The van der Waals surface area contributed by atoms with Gasteiger partial charge in [-0.15, -0.1) is 0 Å². The summed E-state index contributed by atoms with van der Waals surface area (Å²) >= 11 is 0. The van der Waals surface area contributed by atoms with Crippen molar-refractivity contribution < 1.29 is 10.3 Å². The van der Waals surface area contributed by atoms with Crippen molar-refractivity contribution in [3.63, 3.8) is 0 Å². The minimum Gasteiger partial charge on any atom is -0.412 e. The van der Waals surface area contributed by atoms with E-state index in [0.29, 0.717) is 0 Å². The molecule has 0 fully saturated rings. The van der Waals surface area contributed by atoms with Crippen LogP contribution in [0.5, 0.6) is 0 Å². The molecule has 0 rings (SSSR count). The third-order valence-corrected chi connectivity index (χ3v) is 0.201. The van der Waals surface area contributed by atoms with E-state index in [1.54, 1.807) is 0 Å². The molecule has 1 amide bonds. The van der Waals surface area contributed by atoms with Crippen LogP contribution >= 0.6 is 0 Å². The van der Waals surface area contributed by atoms with Crippen molar-refractivity contribution in [1.82, 2.24) is 0 Å². The lowest BCUT2D eigenvalue weighted by atomic mass is 10.7. The van der Waals surface area contributed by atoms with Gasteiger partial charge in [-0.1, -0.05) is 0 Å². The highest BCUT2D eigenvalue weighted by atomic mass is 16.1. The van der Waals surface area contributed by atoms with Crippen LogP contribution < -0.4 is 11.5 Å². The lowest BCUT2D eigenvalue weighted by Gasteiger charge is -1.74. The molecule has 38 valence electrons. The Morgan fingerprint density at radius 3 is 1.83 bits per heavy atom. The summed E-state index contributed by atoms with van der Waals surface area (Å²) in [7, 11) is 0. The van der Waals surface area contributed by atoms with Crippen LogP contribution in [0.3, 0.4) is 0 Å². The molecule has 0 saturated carbocycles. The minimum atomic E-state index is -0.468. The Balaban J connectivity index is 0. The van der Waals surface area contributed by atoms with Gasteiger partial charge in [0, 0.05) is 0 Å². The maximum Gasteiger partial charge on any atom is 0.231 e. The van der Waals surface area contributed by atoms with E-state index in [9.17, 15) is 4.79 Å². The van der Waals surface area contributed by atoms with Gasteiger partial charge in [0.2, 0.25) is 5.91 Å². The van der Waals surface area contributed by atoms with Crippen LogP contribution in [0.1, 0.15) is 0 Å². The molecule has 0 saturated heterocycles. The van der Waals surface area contributed by atoms with Gasteiger partial charge in [0.1, 0.15) is 0 Å². The Morgan fingerprint density at radius 1 is 1.67 bits per heavy atom. The minimum absolute atomic E-state index is 0. The fourth-order valence-corrected chi connectivity index (χ4v) is 0. The van der Waals surface area contributed by atoms with Crippen LogP contribution in [0.25, 0.3) is 0 Å². The van der Waals surface area contributed by atoms with Crippen LogP contribution in [0.2, 0.25) is 0 Å². The number of carbonyl (C=O) groups is 1. The Bertz CT molecular complexity index is 44.8. The predicted molar refractivity (Wildman–Crippen MR) is 21.9 cm³/mol. The Kier molecular flexibility index (Phi) is 6.61. The van der Waals surface area contributed by atoms with Crippen LogP contribution in [-0.2, 0) is 4.79 Å². The summed E-state index contributed by atoms with van der Waals surface area (Å²) in [6.45, 7) is -0.0556. The van der Waals surface area contributed by atoms with Gasteiger partial charge in [-0.25, -0.2) is 0 Å². The van der Waals surface area contributed by atoms with E-state index in [-0.39, 0.29) is 12.0 Å². The molecule has 6 N–H and O–H groups in total. The van der Waals surface area contributed by atoms with Gasteiger partial charge in [-0.05, 0) is 0 Å². The molecule has 0 aromatic heterocycles. The van der Waals surface area contributed by atoms with Crippen molar-refractivity contribution in [3.05, 3.63) is 0 Å². The average Bonchev–Trinajstić information content (AvgIpc) is 1.38. The van der Waals surface area contributed by atoms with Crippen molar-refractivity contribution in [2.75, 3.05) is 6.54 Å². The van der Waals surface area contributed by atoms with Crippen molar-refractivity contribution in [2.24, 2.45) is 11.5 Å². The summed E-state index contributed by atoms with van der Waals surface area (Å²) in [4.78, 5) is 9.47. The lowest BCUT2D eigenvalue weighted by Crippen LogP contribution is -2.21. The summed E-state index contributed by atoms with van der Waals surface area (Å²) in [5.41, 5.74) is 9.22. The quantitative estimate of drug-likeness (QED) is 0.377. The van der Waals surface area contributed by atoms with Crippen molar-refractivity contribution in [2.45, 2.75) is 0 Å². The topological polar surface area (TPSA) is 101 Å². The van der Waals surface area contributed by atoms with Gasteiger partial charge in [-0.3, -0.25) is 4.79 Å². The molecule has 6 heavy (non-hydrogen) atoms. The molecule has 0 unspecified atom stereocenters. The molecule has 0 heterocycles. The SMILES string of the molecule is NCC(N)=O.O. The summed E-state index contributed by atoms with van der Waals surface area (Å²) in [6, 6.07) is 0. The average molecular weight is 92.1 g/mol. The highest BCUT2D eigenvalue weighted by Crippen LogP contribution is 1.36. The zero-order chi connectivity index (χ0) is 4.28. The first-order valence-corrected chi connectivity index (χ1v) is 1.25. The van der Waals surface area contributed by atoms with Gasteiger partial charge in [0.05, 0.1) is 6.54 Å². The van der Waals surface area contributed by atoms with Crippen LogP contribution in [0, 0.1) is 0 Å². The second-order valence-electron chi connectivity index (χ2n) is 0.670. The molecule has 4 heteroatoms. The molecule has 0 radical (unpaired) electrons. The van der Waals surface area contributed by atoms with Gasteiger partial charge in [0.25, 0.3) is 0 Å². The van der Waals surface area contributed by atoms with Crippen molar-refractivity contribution >= 4 is 5.91 Å². The molecule has 0 aliphatic carbocycles. The number of primary amides is 1. The van der Waals surface area contributed by atoms with E-state index in [0.717, 1.165) is 0 Å². The first-order valence-electron chi connectivity index (χ1n) is 1.25. The van der Waals surface area contributed by atoms with Gasteiger partial charge in [-0.2, -0.15) is 0 Å². The number of nitrogens with two attached hydrogens (primary N) is 2. The second kappa shape index (κ2) is 4.39. The van der Waals surface area contributed by atoms with E-state index in [4.69, 9.17) is 5.73 Å². The Morgan fingerprint density at radius 2 is 1.83 bits per heavy atom. The molecular formula is C2H8N2O2. The lowest BCUT2D eigenvalue weighted by molar-refractivity contribution is -0.116. The number of hydrogen-bond donors (Lipinski definition) is 2. The smallest absolute Gasteiger partial charge is 0.231 e. The van der Waals surface area contributed by atoms with E-state index >= 15 is 0 Å². The van der Waals surface area contributed by atoms with E-state index in [1.807, 2.05) is 0 Å². The van der Waals surface area contributed by atoms with Gasteiger partial charge < -0.3 is 16.9 Å². The van der Waals surface area contributed by atoms with E-state index in [1.165, 1.54) is 0 Å². The van der Waals surface area contributed by atoms with Crippen LogP contribution in [0.4, 0.5) is 0 Å². The number of amides is 1. The number of carbonyl (C=O) groups excluding carboxylic acids is 1. The number of rotatable bonds is 1. The highest BCUT2D eigenvalue weighted by molar-refractivity contribution is 5.75. The van der Waals surface area contributed by atoms with Crippen LogP contribution in [-0.4, -0.2) is 17.9 Å². The predicted octanol–water partition coefficient (Wildman–Crippen LogP) is -2.39. The van der Waals surface area contributed by atoms with Crippen LogP contribution in [0.15, 0.2) is 0 Å². The monoisotopic (exact) mass is 92.1 g/mol. The fourth-order valence-electron chi connectivity index (χ4n) is 0. The molecule has 0 aromatic carbocycles. The molecule has 0 spiro atoms. The largest absolute Gasteiger partial charge is 0.412 e. The third kappa shape index (κ3) is 10.0. The van der Waals surface area contributed by atoms with Crippen molar-refractivity contribution in [3.8, 4) is 0 Å². The maximum atomic E-state index is 9.47. The molecule has 0 bridgehead atoms. The molecule has 0 aliphatic heterocycles. The molecule has 0 atom stereocenters. The maximum absolute atomic E-state index is 9.47. The third-order valence-electron chi connectivity index (χ3n) is 0.201. The summed E-state index contributed by atoms with van der Waals surface area (Å²) in [6.07, 6.45) is 0. The summed E-state index contributed by atoms with van der Waals surface area (Å²) in [5, 5.41) is 0. The highest BCUT2D eigenvalue weighted by Gasteiger charge is 1.77. The van der Waals surface area contributed by atoms with Gasteiger partial charge in [0.15, 0.2) is 0 Å². The standard InChI is InChI=1S/C2H6N2O.H2O/c3-1-2(4)5;/h1,3H2,(H2,4,5);1H2. The molecule has 4 nitrogen and oxygen atoms in total. The second-order valence-corrected chi connectivity index (χ2v) is 0.670. The van der Waals surface area contributed by atoms with E-state index in [2.05, 4.69) is 5.73 Å². The number of hydrogen-bond acceptors (Lipinski definition) is 2. The van der Waals surface area contributed by atoms with Crippen molar-refractivity contribution in [1.29, 1.82) is 0 Å². The molecule has 0 aliphatic rings. The van der Waals surface area contributed by atoms with E-state index < -0.39 is 5.91 Å². The zero-order valence-corrected chi connectivity index (χ0v) is 3.27. The molecule has 0 aromatic rings. The summed E-state index contributed by atoms with van der Waals surface area (Å²) < 4.78 is 0. The molecular weight excluding hydrogens is 84.0 g/mol. The first kappa shape index (κ1) is 9.04. The summed E-state index contributed by atoms with van der Waals surface area (Å²) in [5.74, 6) is -0.468. The normalized spacial score (nSPS) is 6.17. The first-order chi connectivity index (χ1) is 2.27. The Labute approximate surface area is 35.4 Å². The fraction of sp³-hybridized carbons (Fsp3) is 0.500. The zero-order valence-electron chi connectivity index (χ0n) is 3.27.